The number of hydrogen-bond donors (Lipinski definition) is 0. The molecule has 3 aromatic rings. The van der Waals surface area contributed by atoms with Crippen LogP contribution in [-0.4, -0.2) is 23.3 Å². The quantitative estimate of drug-likeness (QED) is 0.471. The molecule has 0 N–H and O–H groups in total. The van der Waals surface area contributed by atoms with Crippen molar-refractivity contribution in [3.8, 4) is 15.8 Å². The number of fused-ring (bicyclic) bond motifs is 1. The first-order valence-corrected chi connectivity index (χ1v) is 9.99. The number of nitrogens with zero attached hydrogens (tertiary/aromatic N) is 2. The van der Waals surface area contributed by atoms with E-state index in [0.717, 1.165) is 20.1 Å². The molecular weight excluding hydrogens is 380 g/mol. The Morgan fingerprint density at radius 1 is 1.26 bits per heavy atom. The van der Waals surface area contributed by atoms with Gasteiger partial charge in [-0.2, -0.15) is 5.26 Å². The molecule has 0 saturated carbocycles. The van der Waals surface area contributed by atoms with Crippen LogP contribution in [0.3, 0.4) is 0 Å². The number of furan rings is 1. The normalized spacial score (nSPS) is 16.6. The third kappa shape index (κ3) is 2.83. The largest absolute Gasteiger partial charge is 0.456 e. The van der Waals surface area contributed by atoms with Gasteiger partial charge in [0.15, 0.2) is 0 Å². The fourth-order valence-corrected chi connectivity index (χ4v) is 4.88. The van der Waals surface area contributed by atoms with Crippen molar-refractivity contribution in [2.45, 2.75) is 13.8 Å². The first-order valence-electron chi connectivity index (χ1n) is 8.30. The first-order chi connectivity index (χ1) is 13.0. The Morgan fingerprint density at radius 3 is 2.70 bits per heavy atom. The molecule has 4 rings (SSSR count). The van der Waals surface area contributed by atoms with Gasteiger partial charge in [0, 0.05) is 34.0 Å². The van der Waals surface area contributed by atoms with Gasteiger partial charge in [-0.25, -0.2) is 0 Å². The predicted octanol–water partition coefficient (Wildman–Crippen LogP) is 4.83. The molecule has 1 aliphatic heterocycles. The van der Waals surface area contributed by atoms with E-state index in [4.69, 9.17) is 4.42 Å². The Labute approximate surface area is 163 Å². The van der Waals surface area contributed by atoms with Gasteiger partial charge in [-0.1, -0.05) is 6.07 Å². The molecular formula is C20H14N2O3S2. The topological polar surface area (TPSA) is 74.3 Å². The van der Waals surface area contributed by atoms with Crippen molar-refractivity contribution in [3.63, 3.8) is 0 Å². The van der Waals surface area contributed by atoms with Crippen molar-refractivity contribution in [3.05, 3.63) is 52.1 Å². The highest BCUT2D eigenvalue weighted by molar-refractivity contribution is 7.25. The highest BCUT2D eigenvalue weighted by Gasteiger charge is 2.34. The van der Waals surface area contributed by atoms with Gasteiger partial charge in [-0.3, -0.25) is 14.5 Å². The van der Waals surface area contributed by atoms with Crippen LogP contribution in [0.1, 0.15) is 19.6 Å². The summed E-state index contributed by atoms with van der Waals surface area (Å²) in [5, 5.41) is 11.3. The maximum Gasteiger partial charge on any atom is 0.271 e. The summed E-state index contributed by atoms with van der Waals surface area (Å²) in [6.07, 6.45) is 1.61. The van der Waals surface area contributed by atoms with E-state index in [1.54, 1.807) is 42.6 Å². The second kappa shape index (κ2) is 6.65. The van der Waals surface area contributed by atoms with Crippen molar-refractivity contribution in [1.29, 1.82) is 5.26 Å². The number of nitriles is 1. The van der Waals surface area contributed by atoms with Crippen LogP contribution in [0.2, 0.25) is 0 Å². The van der Waals surface area contributed by atoms with Gasteiger partial charge in [0.1, 0.15) is 23.0 Å². The van der Waals surface area contributed by atoms with Gasteiger partial charge in [-0.05, 0) is 36.9 Å². The fraction of sp³-hybridized carbons (Fsp3) is 0.150. The molecule has 0 unspecified atom stereocenters. The smallest absolute Gasteiger partial charge is 0.271 e. The highest BCUT2D eigenvalue weighted by atomic mass is 32.1. The summed E-state index contributed by atoms with van der Waals surface area (Å²) < 4.78 is 6.87. The van der Waals surface area contributed by atoms with Gasteiger partial charge < -0.3 is 4.42 Å². The van der Waals surface area contributed by atoms with Crippen molar-refractivity contribution < 1.29 is 14.0 Å². The first kappa shape index (κ1) is 17.5. The van der Waals surface area contributed by atoms with Crippen LogP contribution in [0.15, 0.2) is 50.8 Å². The second-order valence-electron chi connectivity index (χ2n) is 5.99. The van der Waals surface area contributed by atoms with Crippen LogP contribution < -0.4 is 0 Å². The molecule has 2 amide bonds. The Morgan fingerprint density at radius 2 is 2.07 bits per heavy atom. The van der Waals surface area contributed by atoms with Gasteiger partial charge >= 0.3 is 0 Å². The Balaban J connectivity index is 1.77. The molecule has 5 nitrogen and oxygen atoms in total. The third-order valence-electron chi connectivity index (χ3n) is 4.42. The number of carbonyl (C=O) groups excluding carboxylic acids is 2. The lowest BCUT2D eigenvalue weighted by Crippen LogP contribution is -2.42. The van der Waals surface area contributed by atoms with Crippen LogP contribution in [0.4, 0.5) is 0 Å². The summed E-state index contributed by atoms with van der Waals surface area (Å²) in [7, 11) is 0. The van der Waals surface area contributed by atoms with E-state index >= 15 is 0 Å². The molecule has 0 atom stereocenters. The molecule has 0 bridgehead atoms. The molecule has 4 heterocycles. The number of hydrogen-bond acceptors (Lipinski definition) is 6. The lowest BCUT2D eigenvalue weighted by molar-refractivity contribution is -0.140. The van der Waals surface area contributed by atoms with E-state index in [9.17, 15) is 14.9 Å². The maximum absolute atomic E-state index is 12.7. The van der Waals surface area contributed by atoms with Crippen molar-refractivity contribution in [2.24, 2.45) is 0 Å². The lowest BCUT2D eigenvalue weighted by atomic mass is 9.95. The van der Waals surface area contributed by atoms with Crippen LogP contribution in [-0.2, 0) is 9.59 Å². The van der Waals surface area contributed by atoms with Crippen LogP contribution in [0.5, 0.6) is 0 Å². The van der Waals surface area contributed by atoms with E-state index in [-0.39, 0.29) is 12.1 Å². The zero-order valence-corrected chi connectivity index (χ0v) is 16.2. The molecule has 0 aliphatic carbocycles. The second-order valence-corrected chi connectivity index (χ2v) is 8.02. The summed E-state index contributed by atoms with van der Waals surface area (Å²) in [6.45, 7) is 3.54. The summed E-state index contributed by atoms with van der Waals surface area (Å²) >= 11 is 3.30. The number of likely N-dealkylation sites (N-methyl/N-ethyl adjacent to an activating group) is 1. The minimum atomic E-state index is -0.541. The van der Waals surface area contributed by atoms with Crippen molar-refractivity contribution in [1.82, 2.24) is 4.90 Å². The SMILES string of the molecule is CCN1C(=O)C(C#N)=C(C)/C(=C/c2cc3sc(-c4cccs4)cc3o2)C1=O. The van der Waals surface area contributed by atoms with Crippen LogP contribution in [0.25, 0.3) is 26.1 Å². The van der Waals surface area contributed by atoms with E-state index in [0.29, 0.717) is 16.9 Å². The zero-order chi connectivity index (χ0) is 19.1. The van der Waals surface area contributed by atoms with Crippen LogP contribution in [0, 0.1) is 11.3 Å². The van der Waals surface area contributed by atoms with E-state index in [2.05, 4.69) is 6.07 Å². The number of thiophene rings is 2. The van der Waals surface area contributed by atoms with E-state index in [1.165, 1.54) is 4.88 Å². The predicted molar refractivity (Wildman–Crippen MR) is 106 cm³/mol. The molecule has 0 aromatic carbocycles. The van der Waals surface area contributed by atoms with Gasteiger partial charge in [0.2, 0.25) is 0 Å². The summed E-state index contributed by atoms with van der Waals surface area (Å²) in [6, 6.07) is 9.85. The fourth-order valence-electron chi connectivity index (χ4n) is 3.02. The standard InChI is InChI=1S/C20H14N2O3S2/c1-3-22-19(23)13(11(2)14(10-21)20(22)24)7-12-8-17-15(25-12)9-18(27-17)16-5-4-6-26-16/h4-9H,3H2,1-2H3/b13-7-. The Kier molecular flexibility index (Phi) is 4.30. The highest BCUT2D eigenvalue weighted by Crippen LogP contribution is 2.38. The van der Waals surface area contributed by atoms with Crippen LogP contribution >= 0.6 is 22.7 Å². The van der Waals surface area contributed by atoms with Crippen molar-refractivity contribution >= 4 is 50.8 Å². The minimum absolute atomic E-state index is 0.00366. The molecule has 0 spiro atoms. The number of carbonyl (C=O) groups is 2. The minimum Gasteiger partial charge on any atom is -0.456 e. The third-order valence-corrected chi connectivity index (χ3v) is 6.55. The summed E-state index contributed by atoms with van der Waals surface area (Å²) in [4.78, 5) is 28.3. The Hall–Kier alpha value is -2.95. The monoisotopic (exact) mass is 394 g/mol. The molecule has 3 aromatic heterocycles. The molecule has 7 heteroatoms. The molecule has 27 heavy (non-hydrogen) atoms. The molecule has 0 saturated heterocycles. The number of rotatable bonds is 3. The van der Waals surface area contributed by atoms with Gasteiger partial charge in [-0.15, -0.1) is 22.7 Å². The van der Waals surface area contributed by atoms with Gasteiger partial charge in [0.25, 0.3) is 11.8 Å². The molecule has 0 radical (unpaired) electrons. The summed E-state index contributed by atoms with van der Waals surface area (Å²) in [5.74, 6) is -0.418. The average molecular weight is 394 g/mol. The molecule has 134 valence electrons. The van der Waals surface area contributed by atoms with E-state index < -0.39 is 11.8 Å². The van der Waals surface area contributed by atoms with Crippen molar-refractivity contribution in [2.75, 3.05) is 6.54 Å². The van der Waals surface area contributed by atoms with E-state index in [1.807, 2.05) is 29.6 Å². The van der Waals surface area contributed by atoms with Gasteiger partial charge in [0.05, 0.1) is 4.70 Å². The number of amides is 2. The maximum atomic E-state index is 12.7. The summed E-state index contributed by atoms with van der Waals surface area (Å²) in [5.41, 5.74) is 1.45. The molecule has 0 fully saturated rings. The Bertz CT molecular complexity index is 1140. The number of imide groups is 1. The average Bonchev–Trinajstić information content (AvgIpc) is 3.35. The lowest BCUT2D eigenvalue weighted by Gasteiger charge is -2.25. The zero-order valence-electron chi connectivity index (χ0n) is 14.6. The molecule has 1 aliphatic rings.